The van der Waals surface area contributed by atoms with Crippen molar-refractivity contribution in [3.63, 3.8) is 0 Å². The summed E-state index contributed by atoms with van der Waals surface area (Å²) in [5.41, 5.74) is 0. The number of aliphatic hydroxyl groups is 1. The van der Waals surface area contributed by atoms with Crippen LogP contribution in [0.3, 0.4) is 0 Å². The van der Waals surface area contributed by atoms with Gasteiger partial charge in [0.2, 0.25) is 5.91 Å². The van der Waals surface area contributed by atoms with Crippen LogP contribution in [0.5, 0.6) is 0 Å². The molecule has 1 aliphatic heterocycles. The Morgan fingerprint density at radius 3 is 3.06 bits per heavy atom. The van der Waals surface area contributed by atoms with Crippen LogP contribution in [0.1, 0.15) is 19.8 Å². The maximum atomic E-state index is 11.8. The summed E-state index contributed by atoms with van der Waals surface area (Å²) in [5.74, 6) is 0.159. The lowest BCUT2D eigenvalue weighted by Crippen LogP contribution is -2.39. The molecule has 0 bridgehead atoms. The van der Waals surface area contributed by atoms with E-state index in [-0.39, 0.29) is 11.9 Å². The van der Waals surface area contributed by atoms with Gasteiger partial charge in [-0.2, -0.15) is 0 Å². The summed E-state index contributed by atoms with van der Waals surface area (Å²) in [6.07, 6.45) is 0.974. The molecule has 0 aromatic heterocycles. The largest absolute Gasteiger partial charge is 0.391 e. The van der Waals surface area contributed by atoms with Gasteiger partial charge in [-0.25, -0.2) is 0 Å². The molecule has 1 aliphatic rings. The van der Waals surface area contributed by atoms with Gasteiger partial charge in [-0.1, -0.05) is 6.92 Å². The van der Waals surface area contributed by atoms with Crippen molar-refractivity contribution in [2.45, 2.75) is 31.9 Å². The van der Waals surface area contributed by atoms with Crippen LogP contribution in [0.15, 0.2) is 0 Å². The van der Waals surface area contributed by atoms with Gasteiger partial charge in [0.05, 0.1) is 18.8 Å². The fourth-order valence-electron chi connectivity index (χ4n) is 1.98. The molecular weight excluding hydrogens is 208 g/mol. The SMILES string of the molecule is CCNC1CCN(CCC(O)COC)C1=O. The first-order valence-corrected chi connectivity index (χ1v) is 5.88. The van der Waals surface area contributed by atoms with Gasteiger partial charge in [-0.15, -0.1) is 0 Å². The van der Waals surface area contributed by atoms with Crippen LogP contribution < -0.4 is 5.32 Å². The lowest BCUT2D eigenvalue weighted by Gasteiger charge is -2.18. The van der Waals surface area contributed by atoms with E-state index < -0.39 is 6.10 Å². The topological polar surface area (TPSA) is 61.8 Å². The summed E-state index contributed by atoms with van der Waals surface area (Å²) < 4.78 is 4.84. The van der Waals surface area contributed by atoms with E-state index in [1.54, 1.807) is 7.11 Å². The highest BCUT2D eigenvalue weighted by molar-refractivity contribution is 5.83. The van der Waals surface area contributed by atoms with Crippen LogP contribution in [0.4, 0.5) is 0 Å². The number of methoxy groups -OCH3 is 1. The van der Waals surface area contributed by atoms with Gasteiger partial charge in [0.15, 0.2) is 0 Å². The number of nitrogens with one attached hydrogen (secondary N) is 1. The molecule has 0 aromatic rings. The molecule has 5 heteroatoms. The van der Waals surface area contributed by atoms with Crippen LogP contribution in [-0.4, -0.2) is 61.4 Å². The smallest absolute Gasteiger partial charge is 0.239 e. The van der Waals surface area contributed by atoms with Crippen molar-refractivity contribution >= 4 is 5.91 Å². The molecule has 0 radical (unpaired) electrons. The van der Waals surface area contributed by atoms with E-state index in [1.807, 2.05) is 11.8 Å². The van der Waals surface area contributed by atoms with Gasteiger partial charge in [0, 0.05) is 20.2 Å². The highest BCUT2D eigenvalue weighted by Gasteiger charge is 2.30. The minimum absolute atomic E-state index is 0.0235. The Labute approximate surface area is 96.8 Å². The standard InChI is InChI=1S/C11H22N2O3/c1-3-12-10-5-7-13(11(10)15)6-4-9(14)8-16-2/h9-10,12,14H,3-8H2,1-2H3. The molecule has 0 spiro atoms. The summed E-state index contributed by atoms with van der Waals surface area (Å²) in [4.78, 5) is 13.6. The number of hydrogen-bond donors (Lipinski definition) is 2. The first-order valence-electron chi connectivity index (χ1n) is 5.88. The van der Waals surface area contributed by atoms with Crippen LogP contribution in [0, 0.1) is 0 Å². The second-order valence-corrected chi connectivity index (χ2v) is 4.12. The van der Waals surface area contributed by atoms with E-state index in [4.69, 9.17) is 4.74 Å². The maximum Gasteiger partial charge on any atom is 0.239 e. The van der Waals surface area contributed by atoms with E-state index in [0.717, 1.165) is 19.5 Å². The molecule has 0 aliphatic carbocycles. The van der Waals surface area contributed by atoms with E-state index in [2.05, 4.69) is 5.32 Å². The average Bonchev–Trinajstić information content (AvgIpc) is 2.59. The van der Waals surface area contributed by atoms with E-state index in [9.17, 15) is 9.90 Å². The van der Waals surface area contributed by atoms with Crippen molar-refractivity contribution in [3.05, 3.63) is 0 Å². The molecule has 2 N–H and O–H groups in total. The number of amides is 1. The summed E-state index contributed by atoms with van der Waals surface area (Å²) >= 11 is 0. The number of likely N-dealkylation sites (tertiary alicyclic amines) is 1. The Kier molecular flexibility index (Phi) is 5.73. The third-order valence-electron chi connectivity index (χ3n) is 2.84. The van der Waals surface area contributed by atoms with Crippen molar-refractivity contribution in [1.82, 2.24) is 10.2 Å². The minimum atomic E-state index is -0.476. The number of carbonyl (C=O) groups is 1. The zero-order valence-corrected chi connectivity index (χ0v) is 10.1. The van der Waals surface area contributed by atoms with Gasteiger partial charge in [0.25, 0.3) is 0 Å². The monoisotopic (exact) mass is 230 g/mol. The number of aliphatic hydroxyl groups excluding tert-OH is 1. The Balaban J connectivity index is 2.26. The number of ether oxygens (including phenoxy) is 1. The molecule has 1 saturated heterocycles. The molecule has 94 valence electrons. The molecular formula is C11H22N2O3. The predicted octanol–water partition coefficient (Wildman–Crippen LogP) is -0.406. The first kappa shape index (κ1) is 13.4. The third-order valence-corrected chi connectivity index (χ3v) is 2.84. The third kappa shape index (κ3) is 3.73. The molecule has 1 fully saturated rings. The lowest BCUT2D eigenvalue weighted by molar-refractivity contribution is -0.129. The summed E-state index contributed by atoms with van der Waals surface area (Å²) in [5, 5.41) is 12.6. The van der Waals surface area contributed by atoms with Gasteiger partial charge < -0.3 is 20.1 Å². The van der Waals surface area contributed by atoms with Crippen LogP contribution in [-0.2, 0) is 9.53 Å². The molecule has 2 unspecified atom stereocenters. The van der Waals surface area contributed by atoms with Crippen molar-refractivity contribution in [2.75, 3.05) is 33.4 Å². The molecule has 0 saturated carbocycles. The molecule has 1 amide bonds. The van der Waals surface area contributed by atoms with Gasteiger partial charge in [-0.05, 0) is 19.4 Å². The molecule has 2 atom stereocenters. The highest BCUT2D eigenvalue weighted by Crippen LogP contribution is 2.12. The van der Waals surface area contributed by atoms with E-state index >= 15 is 0 Å². The number of likely N-dealkylation sites (N-methyl/N-ethyl adjacent to an activating group) is 1. The zero-order chi connectivity index (χ0) is 12.0. The van der Waals surface area contributed by atoms with Crippen LogP contribution >= 0.6 is 0 Å². The van der Waals surface area contributed by atoms with Gasteiger partial charge in [0.1, 0.15) is 0 Å². The zero-order valence-electron chi connectivity index (χ0n) is 10.1. The number of carbonyl (C=O) groups excluding carboxylic acids is 1. The molecule has 16 heavy (non-hydrogen) atoms. The minimum Gasteiger partial charge on any atom is -0.391 e. The highest BCUT2D eigenvalue weighted by atomic mass is 16.5. The molecule has 5 nitrogen and oxygen atoms in total. The van der Waals surface area contributed by atoms with Gasteiger partial charge >= 0.3 is 0 Å². The average molecular weight is 230 g/mol. The second-order valence-electron chi connectivity index (χ2n) is 4.12. The van der Waals surface area contributed by atoms with E-state index in [1.165, 1.54) is 0 Å². The fraction of sp³-hybridized carbons (Fsp3) is 0.909. The van der Waals surface area contributed by atoms with Gasteiger partial charge in [-0.3, -0.25) is 4.79 Å². The quantitative estimate of drug-likeness (QED) is 0.624. The summed E-state index contributed by atoms with van der Waals surface area (Å²) in [6.45, 7) is 4.55. The van der Waals surface area contributed by atoms with Crippen LogP contribution in [0.25, 0.3) is 0 Å². The second kappa shape index (κ2) is 6.83. The Morgan fingerprint density at radius 2 is 2.44 bits per heavy atom. The van der Waals surface area contributed by atoms with Crippen LogP contribution in [0.2, 0.25) is 0 Å². The summed E-state index contributed by atoms with van der Waals surface area (Å²) in [7, 11) is 1.56. The lowest BCUT2D eigenvalue weighted by atomic mass is 10.2. The van der Waals surface area contributed by atoms with Crippen molar-refractivity contribution in [2.24, 2.45) is 0 Å². The molecule has 1 heterocycles. The van der Waals surface area contributed by atoms with Crippen molar-refractivity contribution in [1.29, 1.82) is 0 Å². The van der Waals surface area contributed by atoms with Crippen molar-refractivity contribution in [3.8, 4) is 0 Å². The first-order chi connectivity index (χ1) is 7.69. The predicted molar refractivity (Wildman–Crippen MR) is 61.2 cm³/mol. The Morgan fingerprint density at radius 1 is 1.69 bits per heavy atom. The maximum absolute atomic E-state index is 11.8. The number of nitrogens with zero attached hydrogens (tertiary/aromatic N) is 1. The summed E-state index contributed by atoms with van der Waals surface area (Å²) in [6, 6.07) is -0.0235. The Hall–Kier alpha value is -0.650. The van der Waals surface area contributed by atoms with E-state index in [0.29, 0.717) is 19.6 Å². The van der Waals surface area contributed by atoms with Crippen molar-refractivity contribution < 1.29 is 14.6 Å². The number of hydrogen-bond acceptors (Lipinski definition) is 4. The Bertz CT molecular complexity index is 223. The molecule has 0 aromatic carbocycles. The normalized spacial score (nSPS) is 22.8. The fourth-order valence-corrected chi connectivity index (χ4v) is 1.98. The molecule has 1 rings (SSSR count). The number of rotatable bonds is 7.